The molecule has 2 amide bonds. The Hall–Kier alpha value is -2.89. The molecule has 6 nitrogen and oxygen atoms in total. The number of carbonyl (C=O) groups is 2. The summed E-state index contributed by atoms with van der Waals surface area (Å²) in [7, 11) is 0. The Morgan fingerprint density at radius 2 is 1.90 bits per heavy atom. The molecule has 1 aromatic heterocycles. The number of amides is 2. The minimum atomic E-state index is -0.404. The van der Waals surface area contributed by atoms with Crippen LogP contribution in [0.15, 0.2) is 58.2 Å². The fraction of sp³-hybridized carbons (Fsp3) is 0.133. The van der Waals surface area contributed by atoms with Gasteiger partial charge in [-0.2, -0.15) is 5.10 Å². The van der Waals surface area contributed by atoms with Gasteiger partial charge in [-0.05, 0) is 17.7 Å². The summed E-state index contributed by atoms with van der Waals surface area (Å²) in [6, 6.07) is 12.7. The van der Waals surface area contributed by atoms with Crippen LogP contribution >= 0.6 is 0 Å². The Morgan fingerprint density at radius 1 is 1.10 bits per heavy atom. The lowest BCUT2D eigenvalue weighted by Gasteiger charge is -2.04. The van der Waals surface area contributed by atoms with Gasteiger partial charge < -0.3 is 9.73 Å². The first-order valence-corrected chi connectivity index (χ1v) is 6.40. The summed E-state index contributed by atoms with van der Waals surface area (Å²) >= 11 is 0. The van der Waals surface area contributed by atoms with Gasteiger partial charge in [0.05, 0.1) is 25.4 Å². The quantitative estimate of drug-likeness (QED) is 0.615. The molecular weight excluding hydrogens is 270 g/mol. The predicted molar refractivity (Wildman–Crippen MR) is 77.6 cm³/mol. The zero-order chi connectivity index (χ0) is 14.9. The van der Waals surface area contributed by atoms with Crippen LogP contribution in [0.25, 0.3) is 0 Å². The number of hydrazone groups is 1. The summed E-state index contributed by atoms with van der Waals surface area (Å²) in [6.07, 6.45) is 3.13. The largest absolute Gasteiger partial charge is 0.463 e. The van der Waals surface area contributed by atoms with Gasteiger partial charge in [0.15, 0.2) is 0 Å². The molecule has 0 aliphatic carbocycles. The average Bonchev–Trinajstić information content (AvgIpc) is 2.99. The molecule has 21 heavy (non-hydrogen) atoms. The van der Waals surface area contributed by atoms with Gasteiger partial charge in [0.2, 0.25) is 5.91 Å². The maximum atomic E-state index is 11.6. The normalized spacial score (nSPS) is 10.5. The van der Waals surface area contributed by atoms with Crippen LogP contribution in [0.2, 0.25) is 0 Å². The van der Waals surface area contributed by atoms with Crippen molar-refractivity contribution in [2.24, 2.45) is 5.10 Å². The van der Waals surface area contributed by atoms with Gasteiger partial charge in [-0.25, -0.2) is 5.43 Å². The highest BCUT2D eigenvalue weighted by Crippen LogP contribution is 1.98. The molecule has 1 aromatic carbocycles. The first-order valence-electron chi connectivity index (χ1n) is 6.40. The van der Waals surface area contributed by atoms with Crippen molar-refractivity contribution in [2.45, 2.75) is 6.42 Å². The standard InChI is InChI=1S/C15H15N3O3/c19-14(9-12-5-2-1-3-6-12)16-11-15(20)18-17-10-13-7-4-8-21-13/h1-8,10H,9,11H2,(H,16,19)(H,18,20). The van der Waals surface area contributed by atoms with E-state index in [1.165, 1.54) is 12.5 Å². The third-order valence-electron chi connectivity index (χ3n) is 2.58. The number of nitrogens with zero attached hydrogens (tertiary/aromatic N) is 1. The van der Waals surface area contributed by atoms with E-state index in [0.29, 0.717) is 5.76 Å². The molecule has 0 saturated heterocycles. The second kappa shape index (κ2) is 7.64. The Morgan fingerprint density at radius 3 is 2.62 bits per heavy atom. The summed E-state index contributed by atoms with van der Waals surface area (Å²) in [5, 5.41) is 6.23. The molecule has 0 aliphatic heterocycles. The van der Waals surface area contributed by atoms with Crippen LogP contribution < -0.4 is 10.7 Å². The number of benzene rings is 1. The summed E-state index contributed by atoms with van der Waals surface area (Å²) in [6.45, 7) is -0.124. The minimum Gasteiger partial charge on any atom is -0.463 e. The molecule has 0 fully saturated rings. The van der Waals surface area contributed by atoms with Gasteiger partial charge in [-0.15, -0.1) is 0 Å². The molecule has 108 valence electrons. The van der Waals surface area contributed by atoms with Crippen molar-refractivity contribution in [3.8, 4) is 0 Å². The van der Waals surface area contributed by atoms with Crippen molar-refractivity contribution in [2.75, 3.05) is 6.54 Å². The highest BCUT2D eigenvalue weighted by atomic mass is 16.3. The lowest BCUT2D eigenvalue weighted by Crippen LogP contribution is -2.35. The molecule has 0 radical (unpaired) electrons. The van der Waals surface area contributed by atoms with Gasteiger partial charge in [0.1, 0.15) is 5.76 Å². The average molecular weight is 285 g/mol. The number of rotatable bonds is 6. The van der Waals surface area contributed by atoms with Gasteiger partial charge in [0.25, 0.3) is 5.91 Å². The van der Waals surface area contributed by atoms with E-state index in [9.17, 15) is 9.59 Å². The van der Waals surface area contributed by atoms with Crippen LogP contribution in [-0.4, -0.2) is 24.6 Å². The summed E-state index contributed by atoms with van der Waals surface area (Å²) in [5.41, 5.74) is 3.19. The molecule has 0 aliphatic rings. The highest BCUT2D eigenvalue weighted by Gasteiger charge is 2.05. The molecule has 0 spiro atoms. The molecule has 0 saturated carbocycles. The maximum Gasteiger partial charge on any atom is 0.259 e. The van der Waals surface area contributed by atoms with E-state index in [1.807, 2.05) is 30.3 Å². The first-order chi connectivity index (χ1) is 10.2. The van der Waals surface area contributed by atoms with Crippen molar-refractivity contribution in [1.29, 1.82) is 0 Å². The highest BCUT2D eigenvalue weighted by molar-refractivity contribution is 5.86. The van der Waals surface area contributed by atoms with Gasteiger partial charge >= 0.3 is 0 Å². The van der Waals surface area contributed by atoms with Crippen LogP contribution in [0, 0.1) is 0 Å². The molecule has 2 rings (SSSR count). The SMILES string of the molecule is O=C(Cc1ccccc1)NCC(=O)NN=Cc1ccco1. The molecular formula is C15H15N3O3. The summed E-state index contributed by atoms with van der Waals surface area (Å²) < 4.78 is 5.01. The molecule has 0 unspecified atom stereocenters. The van der Waals surface area contributed by atoms with E-state index in [0.717, 1.165) is 5.56 Å². The lowest BCUT2D eigenvalue weighted by atomic mass is 10.1. The Kier molecular flexibility index (Phi) is 5.28. The predicted octanol–water partition coefficient (Wildman–Crippen LogP) is 1.09. The topological polar surface area (TPSA) is 83.7 Å². The molecule has 2 N–H and O–H groups in total. The summed E-state index contributed by atoms with van der Waals surface area (Å²) in [5.74, 6) is -0.0889. The first kappa shape index (κ1) is 14.5. The number of hydrogen-bond acceptors (Lipinski definition) is 4. The van der Waals surface area contributed by atoms with E-state index < -0.39 is 5.91 Å². The minimum absolute atomic E-state index is 0.124. The number of furan rings is 1. The Labute approximate surface area is 121 Å². The second-order valence-corrected chi connectivity index (χ2v) is 4.25. The van der Waals surface area contributed by atoms with E-state index in [1.54, 1.807) is 12.1 Å². The zero-order valence-electron chi connectivity index (χ0n) is 11.3. The van der Waals surface area contributed by atoms with Crippen molar-refractivity contribution in [1.82, 2.24) is 10.7 Å². The van der Waals surface area contributed by atoms with Gasteiger partial charge in [-0.1, -0.05) is 30.3 Å². The molecule has 0 bridgehead atoms. The molecule has 1 heterocycles. The maximum absolute atomic E-state index is 11.6. The number of hydrogen-bond donors (Lipinski definition) is 2. The van der Waals surface area contributed by atoms with Crippen LogP contribution in [0.5, 0.6) is 0 Å². The Balaban J connectivity index is 1.68. The third-order valence-corrected chi connectivity index (χ3v) is 2.58. The van der Waals surface area contributed by atoms with Crippen LogP contribution in [0.4, 0.5) is 0 Å². The number of nitrogens with one attached hydrogen (secondary N) is 2. The molecule has 6 heteroatoms. The number of carbonyl (C=O) groups excluding carboxylic acids is 2. The third kappa shape index (κ3) is 5.32. The van der Waals surface area contributed by atoms with E-state index in [2.05, 4.69) is 15.8 Å². The smallest absolute Gasteiger partial charge is 0.259 e. The lowest BCUT2D eigenvalue weighted by molar-refractivity contribution is -0.125. The van der Waals surface area contributed by atoms with E-state index in [4.69, 9.17) is 4.42 Å². The van der Waals surface area contributed by atoms with Crippen molar-refractivity contribution >= 4 is 18.0 Å². The van der Waals surface area contributed by atoms with E-state index >= 15 is 0 Å². The zero-order valence-corrected chi connectivity index (χ0v) is 11.3. The molecule has 2 aromatic rings. The van der Waals surface area contributed by atoms with Crippen LogP contribution in [0.3, 0.4) is 0 Å². The van der Waals surface area contributed by atoms with Crippen molar-refractivity contribution < 1.29 is 14.0 Å². The second-order valence-electron chi connectivity index (χ2n) is 4.25. The van der Waals surface area contributed by atoms with Crippen molar-refractivity contribution in [3.63, 3.8) is 0 Å². The Bertz CT molecular complexity index is 606. The van der Waals surface area contributed by atoms with Crippen LogP contribution in [0.1, 0.15) is 11.3 Å². The fourth-order valence-electron chi connectivity index (χ4n) is 1.59. The monoisotopic (exact) mass is 285 g/mol. The van der Waals surface area contributed by atoms with Crippen LogP contribution in [-0.2, 0) is 16.0 Å². The van der Waals surface area contributed by atoms with E-state index in [-0.39, 0.29) is 18.9 Å². The summed E-state index contributed by atoms with van der Waals surface area (Å²) in [4.78, 5) is 23.1. The fourth-order valence-corrected chi connectivity index (χ4v) is 1.59. The van der Waals surface area contributed by atoms with Crippen molar-refractivity contribution in [3.05, 3.63) is 60.1 Å². The molecule has 0 atom stereocenters. The van der Waals surface area contributed by atoms with Gasteiger partial charge in [-0.3, -0.25) is 9.59 Å². The van der Waals surface area contributed by atoms with Gasteiger partial charge in [0, 0.05) is 0 Å².